The van der Waals surface area contributed by atoms with E-state index >= 15 is 0 Å². The standard InChI is InChI=1S/C9H9BrF3N/c10-8-2-1-7(9(11,12)13)5-6(8)3-4-14/h1-2,5H,3-4,14H2. The summed E-state index contributed by atoms with van der Waals surface area (Å²) < 4.78 is 37.5. The first-order valence-electron chi connectivity index (χ1n) is 4.01. The smallest absolute Gasteiger partial charge is 0.330 e. The van der Waals surface area contributed by atoms with Crippen molar-refractivity contribution in [3.63, 3.8) is 0 Å². The highest BCUT2D eigenvalue weighted by Crippen LogP contribution is 2.31. The molecular weight excluding hydrogens is 259 g/mol. The first kappa shape index (κ1) is 11.5. The van der Waals surface area contributed by atoms with Gasteiger partial charge in [-0.05, 0) is 36.7 Å². The van der Waals surface area contributed by atoms with Crippen molar-refractivity contribution in [1.82, 2.24) is 0 Å². The number of benzene rings is 1. The van der Waals surface area contributed by atoms with Crippen molar-refractivity contribution in [1.29, 1.82) is 0 Å². The maximum atomic E-state index is 12.3. The minimum absolute atomic E-state index is 0.333. The highest BCUT2D eigenvalue weighted by molar-refractivity contribution is 9.10. The molecule has 14 heavy (non-hydrogen) atoms. The molecule has 0 spiro atoms. The van der Waals surface area contributed by atoms with Crippen LogP contribution in [0.25, 0.3) is 0 Å². The van der Waals surface area contributed by atoms with Gasteiger partial charge in [0.05, 0.1) is 5.56 Å². The summed E-state index contributed by atoms with van der Waals surface area (Å²) in [6.07, 6.45) is -3.85. The first-order chi connectivity index (χ1) is 6.45. The molecule has 0 aliphatic rings. The van der Waals surface area contributed by atoms with Gasteiger partial charge >= 0.3 is 6.18 Å². The van der Waals surface area contributed by atoms with Crippen LogP contribution in [0.4, 0.5) is 13.2 Å². The van der Waals surface area contributed by atoms with Crippen molar-refractivity contribution in [2.75, 3.05) is 6.54 Å². The second-order valence-corrected chi connectivity index (χ2v) is 3.70. The van der Waals surface area contributed by atoms with Gasteiger partial charge in [0.1, 0.15) is 0 Å². The van der Waals surface area contributed by atoms with E-state index in [1.807, 2.05) is 0 Å². The number of halogens is 4. The highest BCUT2D eigenvalue weighted by atomic mass is 79.9. The molecular formula is C9H9BrF3N. The number of nitrogens with two attached hydrogens (primary N) is 1. The molecule has 1 aromatic carbocycles. The van der Waals surface area contributed by atoms with Gasteiger partial charge < -0.3 is 5.73 Å². The molecule has 1 nitrogen and oxygen atoms in total. The van der Waals surface area contributed by atoms with Gasteiger partial charge in [0.25, 0.3) is 0 Å². The Morgan fingerprint density at radius 1 is 1.29 bits per heavy atom. The van der Waals surface area contributed by atoms with Gasteiger partial charge in [0.2, 0.25) is 0 Å². The predicted molar refractivity (Wildman–Crippen MR) is 51.9 cm³/mol. The normalized spacial score (nSPS) is 11.8. The summed E-state index contributed by atoms with van der Waals surface area (Å²) in [7, 11) is 0. The van der Waals surface area contributed by atoms with Gasteiger partial charge in [0, 0.05) is 4.47 Å². The molecule has 5 heteroatoms. The molecule has 0 atom stereocenters. The first-order valence-corrected chi connectivity index (χ1v) is 4.80. The monoisotopic (exact) mass is 267 g/mol. The van der Waals surface area contributed by atoms with Gasteiger partial charge in [0.15, 0.2) is 0 Å². The number of alkyl halides is 3. The van der Waals surface area contributed by atoms with Gasteiger partial charge in [-0.2, -0.15) is 13.2 Å². The Kier molecular flexibility index (Phi) is 3.55. The Morgan fingerprint density at radius 2 is 1.93 bits per heavy atom. The largest absolute Gasteiger partial charge is 0.416 e. The molecule has 2 N–H and O–H groups in total. The Hall–Kier alpha value is -0.550. The third kappa shape index (κ3) is 2.72. The zero-order valence-corrected chi connectivity index (χ0v) is 8.82. The zero-order chi connectivity index (χ0) is 10.8. The molecule has 0 saturated heterocycles. The summed E-state index contributed by atoms with van der Waals surface area (Å²) >= 11 is 3.18. The molecule has 0 aliphatic heterocycles. The average Bonchev–Trinajstić information content (AvgIpc) is 2.07. The third-order valence-corrected chi connectivity index (χ3v) is 2.56. The van der Waals surface area contributed by atoms with Crippen molar-refractivity contribution >= 4 is 15.9 Å². The lowest BCUT2D eigenvalue weighted by atomic mass is 10.1. The van der Waals surface area contributed by atoms with E-state index in [2.05, 4.69) is 15.9 Å². The Balaban J connectivity index is 3.06. The van der Waals surface area contributed by atoms with Crippen LogP contribution in [-0.2, 0) is 12.6 Å². The average molecular weight is 268 g/mol. The molecule has 1 rings (SSSR count). The molecule has 78 valence electrons. The number of hydrogen-bond donors (Lipinski definition) is 1. The maximum absolute atomic E-state index is 12.3. The van der Waals surface area contributed by atoms with Crippen LogP contribution >= 0.6 is 15.9 Å². The van der Waals surface area contributed by atoms with E-state index in [0.29, 0.717) is 23.0 Å². The molecule has 0 amide bonds. The van der Waals surface area contributed by atoms with Gasteiger partial charge in [-0.1, -0.05) is 15.9 Å². The van der Waals surface area contributed by atoms with E-state index in [1.165, 1.54) is 6.07 Å². The fraction of sp³-hybridized carbons (Fsp3) is 0.333. The van der Waals surface area contributed by atoms with E-state index in [9.17, 15) is 13.2 Å². The zero-order valence-electron chi connectivity index (χ0n) is 7.24. The summed E-state index contributed by atoms with van der Waals surface area (Å²) in [5.74, 6) is 0. The molecule has 0 heterocycles. The predicted octanol–water partition coefficient (Wildman–Crippen LogP) is 2.97. The van der Waals surface area contributed by atoms with E-state index in [-0.39, 0.29) is 0 Å². The van der Waals surface area contributed by atoms with Gasteiger partial charge in [-0.15, -0.1) is 0 Å². The Morgan fingerprint density at radius 3 is 2.43 bits per heavy atom. The summed E-state index contributed by atoms with van der Waals surface area (Å²) in [5, 5.41) is 0. The fourth-order valence-corrected chi connectivity index (χ4v) is 1.54. The molecule has 0 bridgehead atoms. The summed E-state index contributed by atoms with van der Waals surface area (Å²) in [6, 6.07) is 3.56. The fourth-order valence-electron chi connectivity index (χ4n) is 1.10. The van der Waals surface area contributed by atoms with E-state index in [1.54, 1.807) is 0 Å². The van der Waals surface area contributed by atoms with Crippen LogP contribution in [0, 0.1) is 0 Å². The van der Waals surface area contributed by atoms with Crippen molar-refractivity contribution in [3.8, 4) is 0 Å². The van der Waals surface area contributed by atoms with Crippen molar-refractivity contribution in [3.05, 3.63) is 33.8 Å². The number of hydrogen-bond acceptors (Lipinski definition) is 1. The van der Waals surface area contributed by atoms with Crippen molar-refractivity contribution in [2.45, 2.75) is 12.6 Å². The van der Waals surface area contributed by atoms with Crippen molar-refractivity contribution < 1.29 is 13.2 Å². The minimum atomic E-state index is -4.29. The van der Waals surface area contributed by atoms with E-state index < -0.39 is 11.7 Å². The lowest BCUT2D eigenvalue weighted by Gasteiger charge is -2.09. The van der Waals surface area contributed by atoms with Crippen LogP contribution in [0.5, 0.6) is 0 Å². The number of rotatable bonds is 2. The van der Waals surface area contributed by atoms with Crippen LogP contribution in [0.15, 0.2) is 22.7 Å². The lowest BCUT2D eigenvalue weighted by Crippen LogP contribution is -2.08. The molecule has 0 saturated carbocycles. The van der Waals surface area contributed by atoms with E-state index in [0.717, 1.165) is 12.1 Å². The topological polar surface area (TPSA) is 26.0 Å². The van der Waals surface area contributed by atoms with Crippen molar-refractivity contribution in [2.24, 2.45) is 5.73 Å². The lowest BCUT2D eigenvalue weighted by molar-refractivity contribution is -0.137. The molecule has 0 aromatic heterocycles. The van der Waals surface area contributed by atoms with Gasteiger partial charge in [-0.25, -0.2) is 0 Å². The van der Waals surface area contributed by atoms with Crippen LogP contribution < -0.4 is 5.73 Å². The van der Waals surface area contributed by atoms with Crippen LogP contribution in [0.1, 0.15) is 11.1 Å². The summed E-state index contributed by atoms with van der Waals surface area (Å²) in [5.41, 5.74) is 5.24. The maximum Gasteiger partial charge on any atom is 0.416 e. The van der Waals surface area contributed by atoms with Crippen LogP contribution in [0.2, 0.25) is 0 Å². The highest BCUT2D eigenvalue weighted by Gasteiger charge is 2.30. The second-order valence-electron chi connectivity index (χ2n) is 2.84. The summed E-state index contributed by atoms with van der Waals surface area (Å²) in [6.45, 7) is 0.333. The molecule has 0 radical (unpaired) electrons. The molecule has 1 aromatic rings. The quantitative estimate of drug-likeness (QED) is 0.876. The summed E-state index contributed by atoms with van der Waals surface area (Å²) in [4.78, 5) is 0. The Labute approximate surface area is 88.2 Å². The molecule has 0 aliphatic carbocycles. The third-order valence-electron chi connectivity index (χ3n) is 1.79. The molecule has 0 unspecified atom stereocenters. The van der Waals surface area contributed by atoms with Crippen LogP contribution in [-0.4, -0.2) is 6.54 Å². The van der Waals surface area contributed by atoms with Crippen LogP contribution in [0.3, 0.4) is 0 Å². The SMILES string of the molecule is NCCc1cc(C(F)(F)F)ccc1Br. The van der Waals surface area contributed by atoms with E-state index in [4.69, 9.17) is 5.73 Å². The second kappa shape index (κ2) is 4.31. The Bertz CT molecular complexity index is 322. The minimum Gasteiger partial charge on any atom is -0.330 e. The van der Waals surface area contributed by atoms with Gasteiger partial charge in [-0.3, -0.25) is 0 Å². The molecule has 0 fully saturated rings.